The standard InChI is InChI=1S/C13H21ClN2O3S/c1-2-6-19-12-4-3-5-16(10-12)20(17,18)13-7-11(8-14)15-9-13/h7,9,12,15H,2-6,8,10H2,1H3. The minimum atomic E-state index is -3.45. The summed E-state index contributed by atoms with van der Waals surface area (Å²) in [6.07, 6.45) is 4.21. The maximum Gasteiger partial charge on any atom is 0.244 e. The molecule has 1 saturated heterocycles. The normalized spacial score (nSPS) is 21.2. The van der Waals surface area contributed by atoms with Crippen LogP contribution >= 0.6 is 11.6 Å². The van der Waals surface area contributed by atoms with Crippen LogP contribution in [0.5, 0.6) is 0 Å². The van der Waals surface area contributed by atoms with Gasteiger partial charge < -0.3 is 9.72 Å². The summed E-state index contributed by atoms with van der Waals surface area (Å²) in [5, 5.41) is 0. The van der Waals surface area contributed by atoms with E-state index in [9.17, 15) is 8.42 Å². The third kappa shape index (κ3) is 3.55. The average molecular weight is 321 g/mol. The fourth-order valence-corrected chi connectivity index (χ4v) is 4.02. The predicted octanol–water partition coefficient (Wildman–Crippen LogP) is 2.33. The average Bonchev–Trinajstić information content (AvgIpc) is 2.95. The SMILES string of the molecule is CCCOC1CCCN(S(=O)(=O)c2c[nH]c(CCl)c2)C1. The van der Waals surface area contributed by atoms with Gasteiger partial charge in [0.05, 0.1) is 16.9 Å². The van der Waals surface area contributed by atoms with Gasteiger partial charge in [-0.3, -0.25) is 0 Å². The predicted molar refractivity (Wildman–Crippen MR) is 78.4 cm³/mol. The summed E-state index contributed by atoms with van der Waals surface area (Å²) in [7, 11) is -3.45. The van der Waals surface area contributed by atoms with E-state index in [-0.39, 0.29) is 16.9 Å². The third-order valence-corrected chi connectivity index (χ3v) is 5.53. The molecule has 1 aromatic rings. The lowest BCUT2D eigenvalue weighted by Crippen LogP contribution is -2.43. The smallest absolute Gasteiger partial charge is 0.244 e. The van der Waals surface area contributed by atoms with Gasteiger partial charge in [0, 0.05) is 31.6 Å². The molecule has 2 heterocycles. The molecular formula is C13H21ClN2O3S. The quantitative estimate of drug-likeness (QED) is 0.818. The van der Waals surface area contributed by atoms with Gasteiger partial charge in [0.15, 0.2) is 0 Å². The lowest BCUT2D eigenvalue weighted by Gasteiger charge is -2.31. The minimum absolute atomic E-state index is 0.00455. The van der Waals surface area contributed by atoms with Crippen LogP contribution in [0, 0.1) is 0 Å². The molecule has 0 bridgehead atoms. The summed E-state index contributed by atoms with van der Waals surface area (Å²) in [6.45, 7) is 3.71. The molecule has 0 aromatic carbocycles. The van der Waals surface area contributed by atoms with E-state index in [0.717, 1.165) is 19.3 Å². The Hall–Kier alpha value is -0.560. The number of hydrogen-bond donors (Lipinski definition) is 1. The number of nitrogens with one attached hydrogen (secondary N) is 1. The molecule has 1 aliphatic heterocycles. The van der Waals surface area contributed by atoms with Crippen LogP contribution in [-0.4, -0.2) is 43.5 Å². The molecule has 0 amide bonds. The first kappa shape index (κ1) is 15.8. The summed E-state index contributed by atoms with van der Waals surface area (Å²) in [4.78, 5) is 3.16. The number of nitrogens with zero attached hydrogens (tertiary/aromatic N) is 1. The van der Waals surface area contributed by atoms with Crippen molar-refractivity contribution in [2.24, 2.45) is 0 Å². The Bertz CT molecular complexity index is 529. The van der Waals surface area contributed by atoms with Crippen molar-refractivity contribution in [1.29, 1.82) is 0 Å². The number of sulfonamides is 1. The zero-order valence-corrected chi connectivity index (χ0v) is 13.2. The van der Waals surface area contributed by atoms with Crippen LogP contribution in [0.4, 0.5) is 0 Å². The van der Waals surface area contributed by atoms with Gasteiger partial charge in [0.25, 0.3) is 0 Å². The van der Waals surface area contributed by atoms with Crippen molar-refractivity contribution in [2.45, 2.75) is 43.1 Å². The van der Waals surface area contributed by atoms with E-state index in [0.29, 0.717) is 25.4 Å². The van der Waals surface area contributed by atoms with Crippen molar-refractivity contribution >= 4 is 21.6 Å². The van der Waals surface area contributed by atoms with E-state index < -0.39 is 10.0 Å². The van der Waals surface area contributed by atoms with Gasteiger partial charge in [-0.05, 0) is 25.3 Å². The number of H-pyrrole nitrogens is 1. The molecule has 2 rings (SSSR count). The Kier molecular flexibility index (Phi) is 5.49. The molecule has 0 radical (unpaired) electrons. The highest BCUT2D eigenvalue weighted by Crippen LogP contribution is 2.23. The van der Waals surface area contributed by atoms with Crippen LogP contribution < -0.4 is 0 Å². The first-order chi connectivity index (χ1) is 9.57. The van der Waals surface area contributed by atoms with Crippen LogP contribution in [-0.2, 0) is 20.6 Å². The highest BCUT2D eigenvalue weighted by Gasteiger charge is 2.31. The van der Waals surface area contributed by atoms with Crippen molar-refractivity contribution in [3.8, 4) is 0 Å². The zero-order valence-electron chi connectivity index (χ0n) is 11.6. The zero-order chi connectivity index (χ0) is 14.6. The van der Waals surface area contributed by atoms with E-state index in [1.165, 1.54) is 10.5 Å². The van der Waals surface area contributed by atoms with Gasteiger partial charge in [-0.25, -0.2) is 8.42 Å². The highest BCUT2D eigenvalue weighted by atomic mass is 35.5. The number of aromatic nitrogens is 1. The summed E-state index contributed by atoms with van der Waals surface area (Å²) in [5.74, 6) is 0.276. The lowest BCUT2D eigenvalue weighted by atomic mass is 10.1. The molecular weight excluding hydrogens is 300 g/mol. The van der Waals surface area contributed by atoms with Crippen LogP contribution in [0.1, 0.15) is 31.9 Å². The second-order valence-electron chi connectivity index (χ2n) is 4.99. The second-order valence-corrected chi connectivity index (χ2v) is 7.20. The molecule has 1 atom stereocenters. The van der Waals surface area contributed by atoms with E-state index in [1.54, 1.807) is 6.07 Å². The van der Waals surface area contributed by atoms with Crippen molar-refractivity contribution in [3.05, 3.63) is 18.0 Å². The van der Waals surface area contributed by atoms with Crippen LogP contribution in [0.25, 0.3) is 0 Å². The number of hydrogen-bond acceptors (Lipinski definition) is 3. The molecule has 5 nitrogen and oxygen atoms in total. The fraction of sp³-hybridized carbons (Fsp3) is 0.692. The topological polar surface area (TPSA) is 62.4 Å². The number of alkyl halides is 1. The molecule has 1 unspecified atom stereocenters. The highest BCUT2D eigenvalue weighted by molar-refractivity contribution is 7.89. The first-order valence-corrected chi connectivity index (χ1v) is 8.90. The Morgan fingerprint density at radius 3 is 3.00 bits per heavy atom. The van der Waals surface area contributed by atoms with E-state index in [4.69, 9.17) is 16.3 Å². The van der Waals surface area contributed by atoms with Gasteiger partial charge in [-0.15, -0.1) is 11.6 Å². The van der Waals surface area contributed by atoms with Crippen molar-refractivity contribution < 1.29 is 13.2 Å². The molecule has 7 heteroatoms. The number of halogens is 1. The number of rotatable bonds is 6. The lowest BCUT2D eigenvalue weighted by molar-refractivity contribution is 0.0193. The van der Waals surface area contributed by atoms with E-state index >= 15 is 0 Å². The van der Waals surface area contributed by atoms with Gasteiger partial charge in [-0.2, -0.15) is 4.31 Å². The van der Waals surface area contributed by atoms with Crippen molar-refractivity contribution in [3.63, 3.8) is 0 Å². The first-order valence-electron chi connectivity index (χ1n) is 6.93. The van der Waals surface area contributed by atoms with Crippen molar-refractivity contribution in [1.82, 2.24) is 9.29 Å². The van der Waals surface area contributed by atoms with E-state index in [1.807, 2.05) is 6.92 Å². The molecule has 0 saturated carbocycles. The Morgan fingerprint density at radius 1 is 1.55 bits per heavy atom. The molecule has 0 spiro atoms. The maximum absolute atomic E-state index is 12.5. The Labute approximate surface area is 125 Å². The summed E-state index contributed by atoms with van der Waals surface area (Å²) in [5.41, 5.74) is 0.709. The molecule has 1 N–H and O–H groups in total. The molecule has 20 heavy (non-hydrogen) atoms. The van der Waals surface area contributed by atoms with Crippen LogP contribution in [0.3, 0.4) is 0 Å². The molecule has 1 fully saturated rings. The second kappa shape index (κ2) is 6.93. The van der Waals surface area contributed by atoms with Crippen LogP contribution in [0.15, 0.2) is 17.2 Å². The number of piperidine rings is 1. The Morgan fingerprint density at radius 2 is 2.35 bits per heavy atom. The summed E-state index contributed by atoms with van der Waals surface area (Å²) in [6, 6.07) is 1.60. The number of ether oxygens (including phenoxy) is 1. The summed E-state index contributed by atoms with van der Waals surface area (Å²) >= 11 is 5.70. The van der Waals surface area contributed by atoms with Gasteiger partial charge >= 0.3 is 0 Å². The summed E-state index contributed by atoms with van der Waals surface area (Å²) < 4.78 is 32.3. The third-order valence-electron chi connectivity index (χ3n) is 3.40. The molecule has 1 aliphatic rings. The minimum Gasteiger partial charge on any atom is -0.377 e. The van der Waals surface area contributed by atoms with Gasteiger partial charge in [-0.1, -0.05) is 6.92 Å². The van der Waals surface area contributed by atoms with E-state index in [2.05, 4.69) is 4.98 Å². The number of aromatic amines is 1. The largest absolute Gasteiger partial charge is 0.377 e. The maximum atomic E-state index is 12.5. The Balaban J connectivity index is 2.08. The van der Waals surface area contributed by atoms with Crippen LogP contribution in [0.2, 0.25) is 0 Å². The van der Waals surface area contributed by atoms with Gasteiger partial charge in [0.1, 0.15) is 0 Å². The molecule has 1 aromatic heterocycles. The van der Waals surface area contributed by atoms with Crippen molar-refractivity contribution in [2.75, 3.05) is 19.7 Å². The molecule has 114 valence electrons. The van der Waals surface area contributed by atoms with Gasteiger partial charge in [0.2, 0.25) is 10.0 Å². The molecule has 0 aliphatic carbocycles. The monoisotopic (exact) mass is 320 g/mol. The fourth-order valence-electron chi connectivity index (χ4n) is 2.34.